The molecule has 0 saturated heterocycles. The summed E-state index contributed by atoms with van der Waals surface area (Å²) in [6, 6.07) is 10.9. The molecule has 1 aliphatic rings. The van der Waals surface area contributed by atoms with Crippen LogP contribution in [-0.4, -0.2) is 15.2 Å². The fourth-order valence-corrected chi connectivity index (χ4v) is 4.04. The number of aryl methyl sites for hydroxylation is 3. The Kier molecular flexibility index (Phi) is 4.49. The predicted octanol–water partition coefficient (Wildman–Crippen LogP) is 4.96. The van der Waals surface area contributed by atoms with Crippen LogP contribution >= 0.6 is 11.3 Å². The van der Waals surface area contributed by atoms with Crippen molar-refractivity contribution < 1.29 is 0 Å². The first-order valence-corrected chi connectivity index (χ1v) is 9.71. The Morgan fingerprint density at radius 2 is 1.88 bits per heavy atom. The Bertz CT molecular complexity index is 870. The van der Waals surface area contributed by atoms with E-state index in [1.807, 2.05) is 19.1 Å². The molecule has 4 rings (SSSR count). The number of aromatic nitrogens is 3. The van der Waals surface area contributed by atoms with Crippen molar-refractivity contribution in [3.63, 3.8) is 0 Å². The van der Waals surface area contributed by atoms with Crippen molar-refractivity contribution in [3.05, 3.63) is 57.5 Å². The van der Waals surface area contributed by atoms with Crippen molar-refractivity contribution in [2.75, 3.05) is 5.32 Å². The number of hydrogen-bond acceptors (Lipinski definition) is 5. The van der Waals surface area contributed by atoms with Crippen LogP contribution in [0.1, 0.15) is 47.6 Å². The summed E-state index contributed by atoms with van der Waals surface area (Å²) >= 11 is 1.67. The van der Waals surface area contributed by atoms with Crippen LogP contribution in [0.4, 0.5) is 5.82 Å². The molecule has 4 nitrogen and oxygen atoms in total. The van der Waals surface area contributed by atoms with Gasteiger partial charge in [-0.3, -0.25) is 0 Å². The summed E-state index contributed by atoms with van der Waals surface area (Å²) < 4.78 is 0. The van der Waals surface area contributed by atoms with Crippen molar-refractivity contribution in [1.29, 1.82) is 0 Å². The zero-order valence-corrected chi connectivity index (χ0v) is 15.4. The minimum atomic E-state index is 0.119. The lowest BCUT2D eigenvalue weighted by molar-refractivity contribution is 0.686. The predicted molar refractivity (Wildman–Crippen MR) is 103 cm³/mol. The van der Waals surface area contributed by atoms with E-state index in [0.29, 0.717) is 0 Å². The van der Waals surface area contributed by atoms with Crippen molar-refractivity contribution in [2.45, 2.75) is 45.6 Å². The van der Waals surface area contributed by atoms with Crippen molar-refractivity contribution in [1.82, 2.24) is 15.2 Å². The van der Waals surface area contributed by atoms with E-state index in [0.717, 1.165) is 27.8 Å². The van der Waals surface area contributed by atoms with E-state index in [9.17, 15) is 0 Å². The molecule has 0 fully saturated rings. The number of rotatable bonds is 4. The van der Waals surface area contributed by atoms with Crippen LogP contribution in [0.3, 0.4) is 0 Å². The number of nitrogens with zero attached hydrogens (tertiary/aromatic N) is 3. The van der Waals surface area contributed by atoms with E-state index >= 15 is 0 Å². The molecular formula is C20H22N4S. The lowest BCUT2D eigenvalue weighted by Gasteiger charge is -2.16. The lowest BCUT2D eigenvalue weighted by Crippen LogP contribution is -2.09. The first kappa shape index (κ1) is 16.2. The minimum absolute atomic E-state index is 0.119. The Balaban J connectivity index is 1.50. The fraction of sp³-hybridized carbons (Fsp3) is 0.350. The van der Waals surface area contributed by atoms with Crippen LogP contribution in [0.25, 0.3) is 11.3 Å². The molecule has 2 heterocycles. The van der Waals surface area contributed by atoms with Gasteiger partial charge in [-0.1, -0.05) is 12.1 Å². The smallest absolute Gasteiger partial charge is 0.149 e. The third-order valence-corrected chi connectivity index (χ3v) is 5.55. The molecule has 0 aliphatic heterocycles. The van der Waals surface area contributed by atoms with Crippen LogP contribution < -0.4 is 5.32 Å². The Morgan fingerprint density at radius 1 is 1.04 bits per heavy atom. The topological polar surface area (TPSA) is 50.7 Å². The second-order valence-electron chi connectivity index (χ2n) is 6.65. The third-order valence-electron chi connectivity index (χ3n) is 4.75. The van der Waals surface area contributed by atoms with Crippen LogP contribution in [0.15, 0.2) is 35.7 Å². The van der Waals surface area contributed by atoms with Gasteiger partial charge in [0.25, 0.3) is 0 Å². The number of benzene rings is 1. The standard InChI is InChI=1S/C20H22N4S/c1-13(19-12-25-14(2)22-19)21-20-10-9-18(23-24-20)17-8-7-15-5-3-4-6-16(15)11-17/h7-13H,3-6H2,1-2H3,(H,21,24). The second kappa shape index (κ2) is 6.92. The molecule has 1 unspecified atom stereocenters. The van der Waals surface area contributed by atoms with Crippen molar-refractivity contribution >= 4 is 17.2 Å². The highest BCUT2D eigenvalue weighted by atomic mass is 32.1. The number of hydrogen-bond donors (Lipinski definition) is 1. The molecule has 128 valence electrons. The molecule has 0 amide bonds. The SMILES string of the molecule is Cc1nc(C(C)Nc2ccc(-c3ccc4c(c3)CCCC4)nn2)cs1. The van der Waals surface area contributed by atoms with Gasteiger partial charge in [-0.05, 0) is 68.9 Å². The molecule has 1 aromatic carbocycles. The molecule has 1 atom stereocenters. The Morgan fingerprint density at radius 3 is 2.60 bits per heavy atom. The number of thiazole rings is 1. The van der Waals surface area contributed by atoms with Gasteiger partial charge in [-0.15, -0.1) is 21.5 Å². The first-order chi connectivity index (χ1) is 12.2. The molecule has 0 bridgehead atoms. The molecule has 1 N–H and O–H groups in total. The number of nitrogens with one attached hydrogen (secondary N) is 1. The number of fused-ring (bicyclic) bond motifs is 1. The lowest BCUT2D eigenvalue weighted by atomic mass is 9.90. The molecule has 3 aromatic rings. The highest BCUT2D eigenvalue weighted by Gasteiger charge is 2.12. The summed E-state index contributed by atoms with van der Waals surface area (Å²) in [5, 5.41) is 15.3. The molecular weight excluding hydrogens is 328 g/mol. The largest absolute Gasteiger partial charge is 0.360 e. The summed E-state index contributed by atoms with van der Waals surface area (Å²) in [4.78, 5) is 4.52. The average Bonchev–Trinajstić information content (AvgIpc) is 3.08. The second-order valence-corrected chi connectivity index (χ2v) is 7.71. The zero-order chi connectivity index (χ0) is 17.2. The van der Waals surface area contributed by atoms with Crippen LogP contribution in [-0.2, 0) is 12.8 Å². The fourth-order valence-electron chi connectivity index (χ4n) is 3.33. The van der Waals surface area contributed by atoms with E-state index in [2.05, 4.69) is 51.0 Å². The van der Waals surface area contributed by atoms with Crippen LogP contribution in [0.2, 0.25) is 0 Å². The zero-order valence-electron chi connectivity index (χ0n) is 14.6. The van der Waals surface area contributed by atoms with Crippen molar-refractivity contribution in [2.24, 2.45) is 0 Å². The summed E-state index contributed by atoms with van der Waals surface area (Å²) in [7, 11) is 0. The van der Waals surface area contributed by atoms with Crippen molar-refractivity contribution in [3.8, 4) is 11.3 Å². The Hall–Kier alpha value is -2.27. The van der Waals surface area contributed by atoms with Gasteiger partial charge in [-0.2, -0.15) is 0 Å². The minimum Gasteiger partial charge on any atom is -0.360 e. The highest BCUT2D eigenvalue weighted by molar-refractivity contribution is 7.09. The van der Waals surface area contributed by atoms with E-state index in [-0.39, 0.29) is 6.04 Å². The third kappa shape index (κ3) is 3.56. The Labute approximate surface area is 152 Å². The normalized spacial score (nSPS) is 14.8. The van der Waals surface area contributed by atoms with E-state index in [1.165, 1.54) is 36.8 Å². The molecule has 5 heteroatoms. The van der Waals surface area contributed by atoms with Gasteiger partial charge in [0, 0.05) is 10.9 Å². The van der Waals surface area contributed by atoms with Gasteiger partial charge in [-0.25, -0.2) is 4.98 Å². The summed E-state index contributed by atoms with van der Waals surface area (Å²) in [6.45, 7) is 4.11. The maximum absolute atomic E-state index is 4.52. The van der Waals surface area contributed by atoms with Crippen LogP contribution in [0, 0.1) is 6.92 Å². The van der Waals surface area contributed by atoms with Gasteiger partial charge >= 0.3 is 0 Å². The maximum Gasteiger partial charge on any atom is 0.149 e. The van der Waals surface area contributed by atoms with E-state index in [1.54, 1.807) is 11.3 Å². The molecule has 1 aliphatic carbocycles. The van der Waals surface area contributed by atoms with E-state index < -0.39 is 0 Å². The number of anilines is 1. The van der Waals surface area contributed by atoms with Gasteiger partial charge in [0.15, 0.2) is 0 Å². The summed E-state index contributed by atoms with van der Waals surface area (Å²) in [5.41, 5.74) is 6.09. The monoisotopic (exact) mass is 350 g/mol. The van der Waals surface area contributed by atoms with E-state index in [4.69, 9.17) is 0 Å². The molecule has 0 saturated carbocycles. The van der Waals surface area contributed by atoms with Gasteiger partial charge in [0.05, 0.1) is 22.4 Å². The molecule has 0 radical (unpaired) electrons. The van der Waals surface area contributed by atoms with Gasteiger partial charge in [0.1, 0.15) is 5.82 Å². The maximum atomic E-state index is 4.52. The first-order valence-electron chi connectivity index (χ1n) is 8.83. The quantitative estimate of drug-likeness (QED) is 0.722. The van der Waals surface area contributed by atoms with Gasteiger partial charge in [0.2, 0.25) is 0 Å². The van der Waals surface area contributed by atoms with Crippen LogP contribution in [0.5, 0.6) is 0 Å². The van der Waals surface area contributed by atoms with Gasteiger partial charge < -0.3 is 5.32 Å². The molecule has 0 spiro atoms. The summed E-state index contributed by atoms with van der Waals surface area (Å²) in [5.74, 6) is 0.778. The molecule has 25 heavy (non-hydrogen) atoms. The highest BCUT2D eigenvalue weighted by Crippen LogP contribution is 2.27. The average molecular weight is 350 g/mol. The molecule has 2 aromatic heterocycles. The summed E-state index contributed by atoms with van der Waals surface area (Å²) in [6.07, 6.45) is 4.99.